The highest BCUT2D eigenvalue weighted by molar-refractivity contribution is 5.87. The Bertz CT molecular complexity index is 951. The van der Waals surface area contributed by atoms with E-state index in [-0.39, 0.29) is 11.9 Å². The summed E-state index contributed by atoms with van der Waals surface area (Å²) in [4.78, 5) is 33.2. The van der Waals surface area contributed by atoms with Gasteiger partial charge in [0.05, 0.1) is 11.9 Å². The molecule has 9 nitrogen and oxygen atoms in total. The van der Waals surface area contributed by atoms with Crippen molar-refractivity contribution in [3.63, 3.8) is 0 Å². The Morgan fingerprint density at radius 1 is 1.12 bits per heavy atom. The van der Waals surface area contributed by atoms with Gasteiger partial charge < -0.3 is 25.3 Å². The molecule has 1 saturated heterocycles. The molecule has 4 heterocycles. The highest BCUT2D eigenvalue weighted by Gasteiger charge is 2.41. The second-order valence-corrected chi connectivity index (χ2v) is 9.10. The second-order valence-electron chi connectivity index (χ2n) is 9.10. The summed E-state index contributed by atoms with van der Waals surface area (Å²) >= 11 is 0. The molecule has 1 amide bonds. The molecule has 2 aliphatic heterocycles. The first-order chi connectivity index (χ1) is 15.6. The highest BCUT2D eigenvalue weighted by Crippen LogP contribution is 2.38. The van der Waals surface area contributed by atoms with Gasteiger partial charge in [-0.2, -0.15) is 4.98 Å². The number of anilines is 4. The van der Waals surface area contributed by atoms with Crippen molar-refractivity contribution >= 4 is 29.2 Å². The molecule has 1 unspecified atom stereocenters. The number of aromatic nitrogens is 3. The smallest absolute Gasteiger partial charge is 0.245 e. The van der Waals surface area contributed by atoms with Gasteiger partial charge in [0.2, 0.25) is 11.9 Å². The first kappa shape index (κ1) is 20.9. The van der Waals surface area contributed by atoms with Gasteiger partial charge in [-0.15, -0.1) is 0 Å². The Balaban J connectivity index is 1.36. The molecule has 2 aromatic rings. The summed E-state index contributed by atoms with van der Waals surface area (Å²) in [6.07, 6.45) is 9.07. The largest absolute Gasteiger partial charge is 0.368 e. The Morgan fingerprint density at radius 3 is 2.59 bits per heavy atom. The van der Waals surface area contributed by atoms with Gasteiger partial charge in [-0.1, -0.05) is 12.8 Å². The van der Waals surface area contributed by atoms with Crippen LogP contribution >= 0.6 is 0 Å². The predicted octanol–water partition coefficient (Wildman–Crippen LogP) is 1.79. The van der Waals surface area contributed by atoms with Crippen molar-refractivity contribution in [2.24, 2.45) is 0 Å². The zero-order valence-corrected chi connectivity index (χ0v) is 18.9. The molecular weight excluding hydrogens is 404 g/mol. The number of nitrogens with one attached hydrogen (secondary N) is 2. The van der Waals surface area contributed by atoms with E-state index in [1.807, 2.05) is 32.6 Å². The maximum Gasteiger partial charge on any atom is 0.245 e. The number of hydrogen-bond donors (Lipinski definition) is 2. The van der Waals surface area contributed by atoms with Crippen LogP contribution in [0.2, 0.25) is 0 Å². The minimum atomic E-state index is -0.191. The number of fused-ring (bicyclic) bond motifs is 1. The van der Waals surface area contributed by atoms with Crippen molar-refractivity contribution < 1.29 is 4.79 Å². The molecule has 0 spiro atoms. The van der Waals surface area contributed by atoms with Crippen LogP contribution in [0.4, 0.5) is 23.3 Å². The number of rotatable bonds is 5. The van der Waals surface area contributed by atoms with Gasteiger partial charge in [0.1, 0.15) is 17.7 Å². The number of carbonyl (C=O) groups is 1. The van der Waals surface area contributed by atoms with Gasteiger partial charge in [0.25, 0.3) is 0 Å². The van der Waals surface area contributed by atoms with Gasteiger partial charge in [-0.05, 0) is 25.0 Å². The number of hydrogen-bond acceptors (Lipinski definition) is 8. The van der Waals surface area contributed by atoms with Crippen molar-refractivity contribution in [1.29, 1.82) is 0 Å². The van der Waals surface area contributed by atoms with Gasteiger partial charge >= 0.3 is 0 Å². The number of carbonyl (C=O) groups excluding carboxylic acids is 1. The fourth-order valence-electron chi connectivity index (χ4n) is 5.08. The molecule has 1 saturated carbocycles. The molecule has 170 valence electrons. The van der Waals surface area contributed by atoms with Crippen LogP contribution in [-0.2, 0) is 11.2 Å². The van der Waals surface area contributed by atoms with Crippen molar-refractivity contribution in [3.8, 4) is 0 Å². The van der Waals surface area contributed by atoms with Crippen LogP contribution in [0, 0.1) is 0 Å². The normalized spacial score (nSPS) is 21.0. The number of amides is 1. The lowest BCUT2D eigenvalue weighted by Gasteiger charge is -2.33. The summed E-state index contributed by atoms with van der Waals surface area (Å²) in [5, 5.41) is 6.63. The standard InChI is InChI=1S/C23H32N8O/c1-29(2)22(32)19-13-16-14-26-23(28-21(16)31(19)17-5-3-4-6-17)27-20-8-7-18(15-25-20)30-11-9-24-10-12-30/h7-8,14-15,17,19,24H,3-6,9-13H2,1-2H3,(H,25,26,27,28). The molecule has 0 bridgehead atoms. The summed E-state index contributed by atoms with van der Waals surface area (Å²) in [6, 6.07) is 4.24. The Kier molecular flexibility index (Phi) is 5.82. The first-order valence-corrected chi connectivity index (χ1v) is 11.6. The number of nitrogens with zero attached hydrogens (tertiary/aromatic N) is 6. The molecule has 1 atom stereocenters. The third-order valence-corrected chi connectivity index (χ3v) is 6.75. The molecule has 2 aromatic heterocycles. The summed E-state index contributed by atoms with van der Waals surface area (Å²) in [6.45, 7) is 3.98. The summed E-state index contributed by atoms with van der Waals surface area (Å²) < 4.78 is 0. The minimum absolute atomic E-state index is 0.134. The van der Waals surface area contributed by atoms with Crippen molar-refractivity contribution in [3.05, 3.63) is 30.1 Å². The first-order valence-electron chi connectivity index (χ1n) is 11.6. The Hall–Kier alpha value is -2.94. The number of pyridine rings is 1. The van der Waals surface area contributed by atoms with Gasteiger partial charge in [0.15, 0.2) is 0 Å². The van der Waals surface area contributed by atoms with E-state index in [1.54, 1.807) is 4.90 Å². The predicted molar refractivity (Wildman–Crippen MR) is 126 cm³/mol. The van der Waals surface area contributed by atoms with Crippen LogP contribution in [-0.4, -0.2) is 78.1 Å². The Labute approximate surface area is 189 Å². The number of likely N-dealkylation sites (N-methyl/N-ethyl adjacent to an activating group) is 1. The molecular formula is C23H32N8O. The lowest BCUT2D eigenvalue weighted by molar-refractivity contribution is -0.130. The number of piperazine rings is 1. The summed E-state index contributed by atoms with van der Waals surface area (Å²) in [7, 11) is 3.65. The van der Waals surface area contributed by atoms with Gasteiger partial charge in [-0.3, -0.25) is 4.79 Å². The third kappa shape index (κ3) is 4.09. The lowest BCUT2D eigenvalue weighted by atomic mass is 10.1. The summed E-state index contributed by atoms with van der Waals surface area (Å²) in [5.74, 6) is 2.27. The fraction of sp³-hybridized carbons (Fsp3) is 0.565. The second kappa shape index (κ2) is 8.90. The van der Waals surface area contributed by atoms with E-state index in [0.717, 1.165) is 61.9 Å². The maximum atomic E-state index is 12.9. The molecule has 1 aliphatic carbocycles. The topological polar surface area (TPSA) is 89.5 Å². The SMILES string of the molecule is CN(C)C(=O)C1Cc2cnc(Nc3ccc(N4CCNCC4)cn3)nc2N1C1CCCC1. The molecule has 3 aliphatic rings. The van der Waals surface area contributed by atoms with E-state index in [9.17, 15) is 4.79 Å². The average Bonchev–Trinajstić information content (AvgIpc) is 3.47. The molecule has 0 aromatic carbocycles. The zero-order chi connectivity index (χ0) is 22.1. The molecule has 2 N–H and O–H groups in total. The van der Waals surface area contributed by atoms with Crippen molar-refractivity contribution in [2.45, 2.75) is 44.2 Å². The minimum Gasteiger partial charge on any atom is -0.368 e. The fourth-order valence-corrected chi connectivity index (χ4v) is 5.08. The van der Waals surface area contributed by atoms with Crippen LogP contribution in [0.3, 0.4) is 0 Å². The molecule has 2 fully saturated rings. The molecule has 32 heavy (non-hydrogen) atoms. The monoisotopic (exact) mass is 436 g/mol. The van der Waals surface area contributed by atoms with E-state index in [4.69, 9.17) is 4.98 Å². The molecule has 5 rings (SSSR count). The van der Waals surface area contributed by atoms with Gasteiger partial charge in [0, 0.05) is 64.5 Å². The van der Waals surface area contributed by atoms with E-state index < -0.39 is 0 Å². The quantitative estimate of drug-likeness (QED) is 0.733. The van der Waals surface area contributed by atoms with Crippen LogP contribution < -0.4 is 20.4 Å². The average molecular weight is 437 g/mol. The molecule has 9 heteroatoms. The van der Waals surface area contributed by atoms with Crippen LogP contribution in [0.15, 0.2) is 24.5 Å². The highest BCUT2D eigenvalue weighted by atomic mass is 16.2. The zero-order valence-electron chi connectivity index (χ0n) is 18.9. The van der Waals surface area contributed by atoms with Crippen LogP contribution in [0.5, 0.6) is 0 Å². The third-order valence-electron chi connectivity index (χ3n) is 6.75. The van der Waals surface area contributed by atoms with Crippen molar-refractivity contribution in [1.82, 2.24) is 25.2 Å². The van der Waals surface area contributed by atoms with Crippen molar-refractivity contribution in [2.75, 3.05) is 55.4 Å². The van der Waals surface area contributed by atoms with E-state index >= 15 is 0 Å². The van der Waals surface area contributed by atoms with Crippen LogP contribution in [0.25, 0.3) is 0 Å². The maximum absolute atomic E-state index is 12.9. The van der Waals surface area contributed by atoms with E-state index in [2.05, 4.69) is 36.5 Å². The van der Waals surface area contributed by atoms with Gasteiger partial charge in [-0.25, -0.2) is 9.97 Å². The van der Waals surface area contributed by atoms with Crippen LogP contribution in [0.1, 0.15) is 31.2 Å². The van der Waals surface area contributed by atoms with E-state index in [1.165, 1.54) is 12.8 Å². The molecule has 0 radical (unpaired) electrons. The van der Waals surface area contributed by atoms with E-state index in [0.29, 0.717) is 18.4 Å². The summed E-state index contributed by atoms with van der Waals surface area (Å²) in [5.41, 5.74) is 2.18. The lowest BCUT2D eigenvalue weighted by Crippen LogP contribution is -2.49. The Morgan fingerprint density at radius 2 is 1.91 bits per heavy atom.